The predicted molar refractivity (Wildman–Crippen MR) is 132 cm³/mol. The van der Waals surface area contributed by atoms with E-state index in [4.69, 9.17) is 9.47 Å². The molecule has 0 spiro atoms. The van der Waals surface area contributed by atoms with Gasteiger partial charge in [-0.2, -0.15) is 0 Å². The molecule has 1 N–H and O–H groups in total. The van der Waals surface area contributed by atoms with E-state index < -0.39 is 0 Å². The number of ether oxygens (including phenoxy) is 2. The van der Waals surface area contributed by atoms with Crippen molar-refractivity contribution in [3.8, 4) is 0 Å². The molecule has 0 aromatic heterocycles. The zero-order chi connectivity index (χ0) is 24.3. The number of hydrogen-bond acceptors (Lipinski definition) is 5. The largest absolute Gasteiger partial charge is 0.383 e. The Morgan fingerprint density at radius 3 is 2.68 bits per heavy atom. The van der Waals surface area contributed by atoms with Gasteiger partial charge in [-0.1, -0.05) is 42.5 Å². The number of nitrogens with one attached hydrogen (secondary N) is 1. The molecule has 4 rings (SSSR count). The summed E-state index contributed by atoms with van der Waals surface area (Å²) in [5.74, 6) is -0.535. The molecule has 2 aliphatic rings. The molecule has 2 fully saturated rings. The maximum atomic E-state index is 14.8. The first kappa shape index (κ1) is 25.0. The second kappa shape index (κ2) is 10.6. The third-order valence-electron chi connectivity index (χ3n) is 7.62. The number of hydrogen-bond donors (Lipinski definition) is 1. The highest BCUT2D eigenvalue weighted by Crippen LogP contribution is 2.45. The smallest absolute Gasteiger partial charge is 0.167 e. The summed E-state index contributed by atoms with van der Waals surface area (Å²) in [5, 5.41) is 3.78. The van der Waals surface area contributed by atoms with Crippen LogP contribution in [-0.4, -0.2) is 68.8 Å². The number of nitrogens with zero attached hydrogens (tertiary/aromatic N) is 1. The van der Waals surface area contributed by atoms with Crippen LogP contribution in [0.4, 0.5) is 4.39 Å². The van der Waals surface area contributed by atoms with Crippen LogP contribution < -0.4 is 5.32 Å². The molecule has 2 aliphatic heterocycles. The van der Waals surface area contributed by atoms with E-state index in [2.05, 4.69) is 24.1 Å². The van der Waals surface area contributed by atoms with Crippen LogP contribution in [0.1, 0.15) is 41.3 Å². The number of halogens is 1. The Morgan fingerprint density at radius 2 is 1.97 bits per heavy atom. The molecule has 5 nitrogen and oxygen atoms in total. The Labute approximate surface area is 202 Å². The lowest BCUT2D eigenvalue weighted by atomic mass is 9.63. The fourth-order valence-corrected chi connectivity index (χ4v) is 5.93. The number of carbonyl (C=O) groups excluding carboxylic acids is 1. The molecule has 2 aromatic rings. The van der Waals surface area contributed by atoms with E-state index in [9.17, 15) is 9.18 Å². The SMILES string of the molecule is COCCN1CC(C(=O)c2ccccc2)C(c2cccc(F)c2C)C([C@@]2(C)COC[C@@H](C)N2)C1. The zero-order valence-corrected chi connectivity index (χ0v) is 20.7. The number of morpholine rings is 1. The molecule has 0 bridgehead atoms. The summed E-state index contributed by atoms with van der Waals surface area (Å²) >= 11 is 0. The first-order valence-electron chi connectivity index (χ1n) is 12.2. The summed E-state index contributed by atoms with van der Waals surface area (Å²) in [4.78, 5) is 16.3. The molecular weight excluding hydrogens is 431 g/mol. The molecule has 2 heterocycles. The van der Waals surface area contributed by atoms with Gasteiger partial charge in [0, 0.05) is 55.7 Å². The van der Waals surface area contributed by atoms with E-state index >= 15 is 0 Å². The molecule has 0 radical (unpaired) electrons. The van der Waals surface area contributed by atoms with Crippen LogP contribution in [0.25, 0.3) is 0 Å². The van der Waals surface area contributed by atoms with Gasteiger partial charge in [-0.25, -0.2) is 4.39 Å². The van der Waals surface area contributed by atoms with Crippen LogP contribution >= 0.6 is 0 Å². The van der Waals surface area contributed by atoms with Crippen molar-refractivity contribution < 1.29 is 18.7 Å². The number of carbonyl (C=O) groups is 1. The first-order chi connectivity index (χ1) is 16.3. The highest BCUT2D eigenvalue weighted by Gasteiger charge is 2.50. The Bertz CT molecular complexity index is 985. The molecule has 34 heavy (non-hydrogen) atoms. The molecule has 0 aliphatic carbocycles. The maximum Gasteiger partial charge on any atom is 0.167 e. The van der Waals surface area contributed by atoms with Crippen LogP contribution in [0, 0.1) is 24.6 Å². The van der Waals surface area contributed by atoms with E-state index in [1.165, 1.54) is 6.07 Å². The number of rotatable bonds is 7. The Hall–Kier alpha value is -2.12. The van der Waals surface area contributed by atoms with Gasteiger partial charge in [0.1, 0.15) is 5.82 Å². The lowest BCUT2D eigenvalue weighted by Crippen LogP contribution is -2.66. The van der Waals surface area contributed by atoms with Crippen LogP contribution in [-0.2, 0) is 9.47 Å². The van der Waals surface area contributed by atoms with Gasteiger partial charge in [-0.15, -0.1) is 0 Å². The summed E-state index contributed by atoms with van der Waals surface area (Å²) < 4.78 is 26.2. The second-order valence-corrected chi connectivity index (χ2v) is 10.2. The van der Waals surface area contributed by atoms with Crippen molar-refractivity contribution in [3.05, 3.63) is 71.0 Å². The van der Waals surface area contributed by atoms with Gasteiger partial charge in [-0.05, 0) is 43.9 Å². The fourth-order valence-electron chi connectivity index (χ4n) is 5.93. The summed E-state index contributed by atoms with van der Waals surface area (Å²) in [6, 6.07) is 15.0. The van der Waals surface area contributed by atoms with Crippen molar-refractivity contribution in [3.63, 3.8) is 0 Å². The summed E-state index contributed by atoms with van der Waals surface area (Å²) in [6.45, 7) is 10.1. The number of Topliss-reactive ketones (excluding diaryl/α,β-unsaturated/α-hetero) is 1. The van der Waals surface area contributed by atoms with E-state index in [0.717, 1.165) is 18.7 Å². The van der Waals surface area contributed by atoms with Crippen molar-refractivity contribution in [2.75, 3.05) is 46.6 Å². The standard InChI is InChI=1S/C28H37FN2O3/c1-19-17-34-18-28(3,30-19)24-16-31(13-14-33-4)15-23(27(32)21-9-6-5-7-10-21)26(24)22-11-8-12-25(29)20(22)2/h5-12,19,23-24,26,30H,13-18H2,1-4H3/t19-,23?,24?,26?,28-/m1/s1. The number of piperidine rings is 1. The third kappa shape index (κ3) is 5.10. The molecular formula is C28H37FN2O3. The zero-order valence-electron chi connectivity index (χ0n) is 20.7. The molecule has 0 saturated carbocycles. The summed E-state index contributed by atoms with van der Waals surface area (Å²) in [6.07, 6.45) is 0. The number of benzene rings is 2. The Morgan fingerprint density at radius 1 is 1.21 bits per heavy atom. The van der Waals surface area contributed by atoms with Crippen LogP contribution in [0.5, 0.6) is 0 Å². The Kier molecular flexibility index (Phi) is 7.83. The van der Waals surface area contributed by atoms with Crippen molar-refractivity contribution in [2.45, 2.75) is 38.3 Å². The molecule has 2 aromatic carbocycles. The van der Waals surface area contributed by atoms with Crippen molar-refractivity contribution in [1.29, 1.82) is 0 Å². The molecule has 3 unspecified atom stereocenters. The van der Waals surface area contributed by atoms with E-state index in [-0.39, 0.29) is 40.9 Å². The van der Waals surface area contributed by atoms with Gasteiger partial charge in [0.15, 0.2) is 5.78 Å². The molecule has 5 atom stereocenters. The lowest BCUT2D eigenvalue weighted by molar-refractivity contribution is -0.0486. The highest BCUT2D eigenvalue weighted by molar-refractivity contribution is 5.98. The number of likely N-dealkylation sites (tertiary alicyclic amines) is 1. The quantitative estimate of drug-likeness (QED) is 0.621. The van der Waals surface area contributed by atoms with Gasteiger partial charge in [0.2, 0.25) is 0 Å². The number of methoxy groups -OCH3 is 1. The van der Waals surface area contributed by atoms with Crippen molar-refractivity contribution >= 4 is 5.78 Å². The maximum absolute atomic E-state index is 14.8. The minimum Gasteiger partial charge on any atom is -0.383 e. The van der Waals surface area contributed by atoms with Crippen LogP contribution in [0.15, 0.2) is 48.5 Å². The molecule has 184 valence electrons. The van der Waals surface area contributed by atoms with Crippen molar-refractivity contribution in [2.24, 2.45) is 11.8 Å². The molecule has 2 saturated heterocycles. The van der Waals surface area contributed by atoms with E-state index in [1.807, 2.05) is 43.3 Å². The van der Waals surface area contributed by atoms with E-state index in [0.29, 0.717) is 37.5 Å². The summed E-state index contributed by atoms with van der Waals surface area (Å²) in [5.41, 5.74) is 1.89. The average molecular weight is 469 g/mol. The van der Waals surface area contributed by atoms with Gasteiger partial charge < -0.3 is 14.8 Å². The minimum absolute atomic E-state index is 0.0408. The van der Waals surface area contributed by atoms with Crippen LogP contribution in [0.3, 0.4) is 0 Å². The summed E-state index contributed by atoms with van der Waals surface area (Å²) in [7, 11) is 1.70. The monoisotopic (exact) mass is 468 g/mol. The topological polar surface area (TPSA) is 50.8 Å². The molecule has 0 amide bonds. The van der Waals surface area contributed by atoms with Gasteiger partial charge >= 0.3 is 0 Å². The number of ketones is 1. The first-order valence-corrected chi connectivity index (χ1v) is 12.2. The van der Waals surface area contributed by atoms with Gasteiger partial charge in [0.05, 0.1) is 19.8 Å². The normalized spacial score (nSPS) is 30.3. The highest BCUT2D eigenvalue weighted by atomic mass is 19.1. The molecule has 6 heteroatoms. The second-order valence-electron chi connectivity index (χ2n) is 10.2. The van der Waals surface area contributed by atoms with Crippen molar-refractivity contribution in [1.82, 2.24) is 10.2 Å². The lowest BCUT2D eigenvalue weighted by Gasteiger charge is -2.53. The van der Waals surface area contributed by atoms with Crippen LogP contribution in [0.2, 0.25) is 0 Å². The van der Waals surface area contributed by atoms with E-state index in [1.54, 1.807) is 13.2 Å². The van der Waals surface area contributed by atoms with Gasteiger partial charge in [-0.3, -0.25) is 9.69 Å². The van der Waals surface area contributed by atoms with Gasteiger partial charge in [0.25, 0.3) is 0 Å². The third-order valence-corrected chi connectivity index (χ3v) is 7.62. The Balaban J connectivity index is 1.83. The minimum atomic E-state index is -0.359. The fraction of sp³-hybridized carbons (Fsp3) is 0.536. The average Bonchev–Trinajstić information content (AvgIpc) is 2.84. The predicted octanol–water partition coefficient (Wildman–Crippen LogP) is 4.06.